The van der Waals surface area contributed by atoms with Gasteiger partial charge in [-0.2, -0.15) is 0 Å². The van der Waals surface area contributed by atoms with Crippen molar-refractivity contribution < 1.29 is 23.5 Å². The Bertz CT molecular complexity index is 1280. The second-order valence-corrected chi connectivity index (χ2v) is 9.42. The Morgan fingerprint density at radius 3 is 2.43 bits per heavy atom. The van der Waals surface area contributed by atoms with Gasteiger partial charge in [0.25, 0.3) is 0 Å². The Labute approximate surface area is 218 Å². The average Bonchev–Trinajstić information content (AvgIpc) is 2.90. The number of amidine groups is 1. The minimum Gasteiger partial charge on any atom is -0.462 e. The van der Waals surface area contributed by atoms with Crippen molar-refractivity contribution in [1.29, 1.82) is 0 Å². The number of nitrogens with zero attached hydrogens (tertiary/aromatic N) is 2. The van der Waals surface area contributed by atoms with Crippen LogP contribution >= 0.6 is 11.8 Å². The second-order valence-electron chi connectivity index (χ2n) is 8.25. The number of anilines is 1. The van der Waals surface area contributed by atoms with E-state index in [1.807, 2.05) is 30.3 Å². The Kier molecular flexibility index (Phi) is 8.68. The fourth-order valence-corrected chi connectivity index (χ4v) is 4.82. The number of hydrogen-bond acceptors (Lipinski definition) is 6. The molecule has 190 valence electrons. The van der Waals surface area contributed by atoms with Crippen molar-refractivity contribution in [3.8, 4) is 0 Å². The summed E-state index contributed by atoms with van der Waals surface area (Å²) in [5, 5.41) is 2.49. The van der Waals surface area contributed by atoms with Gasteiger partial charge in [-0.3, -0.25) is 14.5 Å². The number of thioether (sulfide) groups is 1. The Balaban J connectivity index is 1.50. The van der Waals surface area contributed by atoms with E-state index in [1.54, 1.807) is 36.1 Å². The van der Waals surface area contributed by atoms with E-state index in [-0.39, 0.29) is 30.7 Å². The maximum atomic E-state index is 13.4. The maximum absolute atomic E-state index is 13.4. The number of esters is 1. The van der Waals surface area contributed by atoms with Crippen LogP contribution in [0.2, 0.25) is 0 Å². The lowest BCUT2D eigenvalue weighted by Gasteiger charge is -2.32. The molecule has 0 aliphatic carbocycles. The van der Waals surface area contributed by atoms with Gasteiger partial charge in [0.15, 0.2) is 5.17 Å². The summed E-state index contributed by atoms with van der Waals surface area (Å²) in [6.07, 6.45) is 0.633. The largest absolute Gasteiger partial charge is 0.462 e. The van der Waals surface area contributed by atoms with Crippen LogP contribution in [0.1, 0.15) is 29.3 Å². The summed E-state index contributed by atoms with van der Waals surface area (Å²) in [6, 6.07) is 21.8. The van der Waals surface area contributed by atoms with E-state index in [0.717, 1.165) is 5.56 Å². The molecule has 37 heavy (non-hydrogen) atoms. The van der Waals surface area contributed by atoms with Crippen molar-refractivity contribution in [3.05, 3.63) is 95.8 Å². The van der Waals surface area contributed by atoms with Crippen LogP contribution in [-0.4, -0.2) is 46.3 Å². The molecule has 3 aromatic carbocycles. The average molecular weight is 520 g/mol. The summed E-state index contributed by atoms with van der Waals surface area (Å²) >= 11 is 1.19. The predicted octanol–water partition coefficient (Wildman–Crippen LogP) is 5.21. The molecule has 0 radical (unpaired) electrons. The Morgan fingerprint density at radius 2 is 1.76 bits per heavy atom. The number of halogens is 1. The fraction of sp³-hybridized carbons (Fsp3) is 0.214. The molecule has 3 aromatic rings. The number of carbonyl (C=O) groups is 3. The summed E-state index contributed by atoms with van der Waals surface area (Å²) in [6.45, 7) is 2.40. The van der Waals surface area contributed by atoms with Crippen LogP contribution < -0.4 is 5.32 Å². The molecule has 1 fully saturated rings. The Morgan fingerprint density at radius 1 is 1.05 bits per heavy atom. The topological polar surface area (TPSA) is 88.1 Å². The summed E-state index contributed by atoms with van der Waals surface area (Å²) in [5.74, 6) is -1.39. The summed E-state index contributed by atoms with van der Waals surface area (Å²) in [7, 11) is 0. The van der Waals surface area contributed by atoms with Crippen molar-refractivity contribution in [1.82, 2.24) is 4.90 Å². The van der Waals surface area contributed by atoms with Crippen molar-refractivity contribution >= 4 is 46.1 Å². The minimum atomic E-state index is -0.704. The molecule has 1 aliphatic heterocycles. The van der Waals surface area contributed by atoms with E-state index in [4.69, 9.17) is 4.74 Å². The lowest BCUT2D eigenvalue weighted by Crippen LogP contribution is -2.46. The smallest absolute Gasteiger partial charge is 0.338 e. The van der Waals surface area contributed by atoms with Gasteiger partial charge >= 0.3 is 5.97 Å². The van der Waals surface area contributed by atoms with Crippen LogP contribution in [0, 0.1) is 5.82 Å². The van der Waals surface area contributed by atoms with Gasteiger partial charge in [0.2, 0.25) is 11.8 Å². The molecular formula is C28H26FN3O4S. The number of carbonyl (C=O) groups excluding carboxylic acids is 3. The number of amides is 2. The number of hydrogen-bond donors (Lipinski definition) is 1. The first kappa shape index (κ1) is 26.1. The van der Waals surface area contributed by atoms with Gasteiger partial charge in [-0.05, 0) is 67.4 Å². The third-order valence-electron chi connectivity index (χ3n) is 5.61. The SMILES string of the molecule is CCOC(=O)c1ccc(NC(=O)C2CC(=O)N(CCc3ccccc3)C(=Nc3ccc(F)cc3)S2)cc1. The molecule has 1 N–H and O–H groups in total. The Hall–Kier alpha value is -3.98. The summed E-state index contributed by atoms with van der Waals surface area (Å²) < 4.78 is 18.4. The minimum absolute atomic E-state index is 0.00857. The van der Waals surface area contributed by atoms with Crippen molar-refractivity contribution in [2.24, 2.45) is 4.99 Å². The van der Waals surface area contributed by atoms with Gasteiger partial charge in [0, 0.05) is 18.7 Å². The van der Waals surface area contributed by atoms with Gasteiger partial charge in [-0.25, -0.2) is 14.2 Å². The molecule has 0 bridgehead atoms. The molecule has 1 unspecified atom stereocenters. The van der Waals surface area contributed by atoms with Crippen LogP contribution in [0.3, 0.4) is 0 Å². The number of ether oxygens (including phenoxy) is 1. The van der Waals surface area contributed by atoms with E-state index in [1.165, 1.54) is 36.0 Å². The standard InChI is InChI=1S/C28H26FN3O4S/c1-2-36-27(35)20-8-12-22(13-9-20)30-26(34)24-18-25(33)32(17-16-19-6-4-3-5-7-19)28(37-24)31-23-14-10-21(29)11-15-23/h3-15,24H,2,16-18H2,1H3,(H,30,34). The van der Waals surface area contributed by atoms with Crippen LogP contribution in [0.15, 0.2) is 83.9 Å². The third-order valence-corrected chi connectivity index (χ3v) is 6.80. The molecule has 1 atom stereocenters. The second kappa shape index (κ2) is 12.3. The van der Waals surface area contributed by atoms with Gasteiger partial charge in [0.05, 0.1) is 17.9 Å². The lowest BCUT2D eigenvalue weighted by molar-refractivity contribution is -0.129. The van der Waals surface area contributed by atoms with Crippen molar-refractivity contribution in [3.63, 3.8) is 0 Å². The number of benzene rings is 3. The molecule has 2 amide bonds. The molecule has 4 rings (SSSR count). The number of nitrogens with one attached hydrogen (secondary N) is 1. The molecule has 1 heterocycles. The van der Waals surface area contributed by atoms with Crippen molar-refractivity contribution in [2.75, 3.05) is 18.5 Å². The van der Waals surface area contributed by atoms with Crippen LogP contribution in [0.5, 0.6) is 0 Å². The predicted molar refractivity (Wildman–Crippen MR) is 142 cm³/mol. The molecule has 1 aliphatic rings. The monoisotopic (exact) mass is 519 g/mol. The normalized spacial score (nSPS) is 16.5. The zero-order valence-electron chi connectivity index (χ0n) is 20.2. The van der Waals surface area contributed by atoms with Gasteiger partial charge < -0.3 is 10.1 Å². The van der Waals surface area contributed by atoms with Gasteiger partial charge in [0.1, 0.15) is 11.1 Å². The lowest BCUT2D eigenvalue weighted by atomic mass is 10.1. The molecular weight excluding hydrogens is 493 g/mol. The highest BCUT2D eigenvalue weighted by Crippen LogP contribution is 2.30. The van der Waals surface area contributed by atoms with E-state index in [2.05, 4.69) is 10.3 Å². The molecule has 0 saturated carbocycles. The van der Waals surface area contributed by atoms with E-state index < -0.39 is 11.2 Å². The zero-order chi connectivity index (χ0) is 26.2. The molecule has 9 heteroatoms. The van der Waals surface area contributed by atoms with Gasteiger partial charge in [-0.15, -0.1) is 0 Å². The summed E-state index contributed by atoms with van der Waals surface area (Å²) in [4.78, 5) is 44.2. The highest BCUT2D eigenvalue weighted by molar-refractivity contribution is 8.15. The maximum Gasteiger partial charge on any atom is 0.338 e. The van der Waals surface area contributed by atoms with Crippen molar-refractivity contribution in [2.45, 2.75) is 25.0 Å². The first-order valence-corrected chi connectivity index (χ1v) is 12.7. The molecule has 7 nitrogen and oxygen atoms in total. The molecule has 0 aromatic heterocycles. The van der Waals surface area contributed by atoms with Crippen LogP contribution in [-0.2, 0) is 20.7 Å². The first-order chi connectivity index (χ1) is 17.9. The van der Waals surface area contributed by atoms with E-state index in [9.17, 15) is 18.8 Å². The number of aliphatic imine (C=N–C) groups is 1. The highest BCUT2D eigenvalue weighted by atomic mass is 32.2. The summed E-state index contributed by atoms with van der Waals surface area (Å²) in [5.41, 5.74) is 2.43. The fourth-order valence-electron chi connectivity index (χ4n) is 3.70. The van der Waals surface area contributed by atoms with E-state index >= 15 is 0 Å². The highest BCUT2D eigenvalue weighted by Gasteiger charge is 2.35. The number of rotatable bonds is 8. The third kappa shape index (κ3) is 7.04. The van der Waals surface area contributed by atoms with Crippen LogP contribution in [0.25, 0.3) is 0 Å². The van der Waals surface area contributed by atoms with Gasteiger partial charge in [-0.1, -0.05) is 42.1 Å². The van der Waals surface area contributed by atoms with E-state index in [0.29, 0.717) is 35.1 Å². The molecule has 0 spiro atoms. The van der Waals surface area contributed by atoms with Crippen LogP contribution in [0.4, 0.5) is 15.8 Å². The molecule has 1 saturated heterocycles. The quantitative estimate of drug-likeness (QED) is 0.413. The first-order valence-electron chi connectivity index (χ1n) is 11.9. The zero-order valence-corrected chi connectivity index (χ0v) is 21.0.